The summed E-state index contributed by atoms with van der Waals surface area (Å²) in [6.45, 7) is 1.99. The lowest BCUT2D eigenvalue weighted by molar-refractivity contribution is 0.506. The zero-order chi connectivity index (χ0) is 13.4. The van der Waals surface area contributed by atoms with Crippen molar-refractivity contribution in [3.8, 4) is 0 Å². The third kappa shape index (κ3) is 2.32. The molecule has 2 aromatic rings. The second-order valence-corrected chi connectivity index (χ2v) is 5.32. The molecule has 1 atom stereocenters. The van der Waals surface area contributed by atoms with E-state index in [-0.39, 0.29) is 6.04 Å². The maximum absolute atomic E-state index is 13.3. The fourth-order valence-electron chi connectivity index (χ4n) is 2.35. The van der Waals surface area contributed by atoms with Crippen molar-refractivity contribution in [2.75, 3.05) is 5.32 Å². The highest BCUT2D eigenvalue weighted by molar-refractivity contribution is 7.09. The predicted molar refractivity (Wildman–Crippen MR) is 70.3 cm³/mol. The van der Waals surface area contributed by atoms with Crippen LogP contribution in [0, 0.1) is 11.6 Å². The van der Waals surface area contributed by atoms with Gasteiger partial charge in [-0.25, -0.2) is 13.8 Å². The summed E-state index contributed by atoms with van der Waals surface area (Å²) in [4.78, 5) is 4.33. The van der Waals surface area contributed by atoms with Crippen molar-refractivity contribution >= 4 is 16.7 Å². The van der Waals surface area contributed by atoms with Crippen LogP contribution in [0.3, 0.4) is 0 Å². The van der Waals surface area contributed by atoms with Crippen LogP contribution in [0.1, 0.15) is 36.3 Å². The van der Waals surface area contributed by atoms with Crippen LogP contribution in [0.15, 0.2) is 12.1 Å². The van der Waals surface area contributed by atoms with E-state index in [2.05, 4.69) is 14.7 Å². The van der Waals surface area contributed by atoms with Crippen LogP contribution in [0.2, 0.25) is 0 Å². The summed E-state index contributed by atoms with van der Waals surface area (Å²) in [6.07, 6.45) is 2.36. The Kier molecular flexibility index (Phi) is 3.18. The minimum atomic E-state index is -0.793. The first-order valence-corrected chi connectivity index (χ1v) is 7.01. The molecule has 19 heavy (non-hydrogen) atoms. The van der Waals surface area contributed by atoms with Gasteiger partial charge in [0.05, 0.1) is 6.04 Å². The Morgan fingerprint density at radius 3 is 2.89 bits per heavy atom. The molecule has 100 valence electrons. The summed E-state index contributed by atoms with van der Waals surface area (Å²) in [7, 11) is 0. The number of aryl methyl sites for hydroxylation is 2. The van der Waals surface area contributed by atoms with Crippen LogP contribution in [-0.2, 0) is 12.8 Å². The normalized spacial score (nSPS) is 17.5. The maximum atomic E-state index is 13.3. The zero-order valence-corrected chi connectivity index (χ0v) is 11.2. The molecule has 0 bridgehead atoms. The number of aromatic nitrogens is 2. The summed E-state index contributed by atoms with van der Waals surface area (Å²) in [5.74, 6) is -0.765. The number of anilines is 1. The van der Waals surface area contributed by atoms with Gasteiger partial charge in [-0.05, 0) is 36.1 Å². The molecule has 0 amide bonds. The summed E-state index contributed by atoms with van der Waals surface area (Å²) >= 11 is 1.30. The second kappa shape index (κ2) is 4.85. The SMILES string of the molecule is CCc1nsc(NC2CCc3cc(F)c(F)cc32)n1. The zero-order valence-electron chi connectivity index (χ0n) is 10.4. The molecule has 3 nitrogen and oxygen atoms in total. The Hall–Kier alpha value is -1.56. The number of nitrogens with one attached hydrogen (secondary N) is 1. The van der Waals surface area contributed by atoms with E-state index in [1.54, 1.807) is 0 Å². The molecule has 3 rings (SSSR count). The standard InChI is InChI=1S/C13H13F2N3S/c1-2-12-17-13(19-18-12)16-11-4-3-7-5-9(14)10(15)6-8(7)11/h5-6,11H,2-4H2,1H3,(H,16,17,18). The molecule has 1 unspecified atom stereocenters. The molecule has 1 heterocycles. The van der Waals surface area contributed by atoms with Gasteiger partial charge in [0.15, 0.2) is 11.6 Å². The average molecular weight is 281 g/mol. The first-order valence-electron chi connectivity index (χ1n) is 6.24. The highest BCUT2D eigenvalue weighted by Crippen LogP contribution is 2.35. The highest BCUT2D eigenvalue weighted by atomic mass is 32.1. The van der Waals surface area contributed by atoms with E-state index < -0.39 is 11.6 Å². The minimum Gasteiger partial charge on any atom is -0.353 e. The van der Waals surface area contributed by atoms with Crippen LogP contribution in [-0.4, -0.2) is 9.36 Å². The van der Waals surface area contributed by atoms with Gasteiger partial charge < -0.3 is 5.32 Å². The van der Waals surface area contributed by atoms with E-state index in [0.717, 1.165) is 41.3 Å². The molecule has 6 heteroatoms. The first kappa shape index (κ1) is 12.5. The molecule has 0 radical (unpaired) electrons. The molecule has 1 aromatic carbocycles. The lowest BCUT2D eigenvalue weighted by atomic mass is 10.1. The monoisotopic (exact) mass is 281 g/mol. The van der Waals surface area contributed by atoms with Gasteiger partial charge in [0.1, 0.15) is 5.82 Å². The number of halogens is 2. The number of benzene rings is 1. The summed E-state index contributed by atoms with van der Waals surface area (Å²) in [6, 6.07) is 2.57. The number of hydrogen-bond acceptors (Lipinski definition) is 4. The van der Waals surface area contributed by atoms with E-state index in [9.17, 15) is 8.78 Å². The lowest BCUT2D eigenvalue weighted by Gasteiger charge is -2.12. The fourth-order valence-corrected chi connectivity index (χ4v) is 3.06. The van der Waals surface area contributed by atoms with Gasteiger partial charge in [0.2, 0.25) is 5.13 Å². The molecule has 1 N–H and O–H groups in total. The molecule has 1 aliphatic carbocycles. The molecular formula is C13H13F2N3S. The molecule has 1 aliphatic rings. The van der Waals surface area contributed by atoms with E-state index in [0.29, 0.717) is 0 Å². The van der Waals surface area contributed by atoms with Gasteiger partial charge in [-0.3, -0.25) is 0 Å². The highest BCUT2D eigenvalue weighted by Gasteiger charge is 2.25. The van der Waals surface area contributed by atoms with Crippen LogP contribution in [0.25, 0.3) is 0 Å². The van der Waals surface area contributed by atoms with Gasteiger partial charge in [-0.2, -0.15) is 4.37 Å². The van der Waals surface area contributed by atoms with E-state index >= 15 is 0 Å². The van der Waals surface area contributed by atoms with Crippen LogP contribution in [0.4, 0.5) is 13.9 Å². The average Bonchev–Trinajstić information content (AvgIpc) is 2.99. The maximum Gasteiger partial charge on any atom is 0.203 e. The Labute approximate surface area is 113 Å². The largest absolute Gasteiger partial charge is 0.353 e. The Morgan fingerprint density at radius 2 is 2.16 bits per heavy atom. The summed E-state index contributed by atoms with van der Waals surface area (Å²) in [5.41, 5.74) is 1.70. The molecule has 0 saturated heterocycles. The predicted octanol–water partition coefficient (Wildman–Crippen LogP) is 3.48. The van der Waals surface area contributed by atoms with Gasteiger partial charge in [0, 0.05) is 18.0 Å². The van der Waals surface area contributed by atoms with E-state index in [1.807, 2.05) is 6.92 Å². The molecule has 1 aromatic heterocycles. The van der Waals surface area contributed by atoms with Crippen LogP contribution in [0.5, 0.6) is 0 Å². The van der Waals surface area contributed by atoms with Crippen molar-refractivity contribution in [3.05, 3.63) is 40.7 Å². The molecule has 0 aliphatic heterocycles. The smallest absolute Gasteiger partial charge is 0.203 e. The molecule has 0 fully saturated rings. The summed E-state index contributed by atoms with van der Waals surface area (Å²) in [5, 5.41) is 3.99. The lowest BCUT2D eigenvalue weighted by Crippen LogP contribution is -2.07. The molecular weight excluding hydrogens is 268 g/mol. The minimum absolute atomic E-state index is 0.0113. The van der Waals surface area contributed by atoms with E-state index in [1.165, 1.54) is 23.7 Å². The van der Waals surface area contributed by atoms with Crippen molar-refractivity contribution in [1.29, 1.82) is 0 Å². The van der Waals surface area contributed by atoms with Crippen LogP contribution >= 0.6 is 11.5 Å². The Balaban J connectivity index is 1.84. The second-order valence-electron chi connectivity index (χ2n) is 4.57. The van der Waals surface area contributed by atoms with Gasteiger partial charge in [-0.15, -0.1) is 0 Å². The topological polar surface area (TPSA) is 37.8 Å². The number of nitrogens with zero attached hydrogens (tertiary/aromatic N) is 2. The van der Waals surface area contributed by atoms with Gasteiger partial charge >= 0.3 is 0 Å². The van der Waals surface area contributed by atoms with Gasteiger partial charge in [0.25, 0.3) is 0 Å². The van der Waals surface area contributed by atoms with Gasteiger partial charge in [-0.1, -0.05) is 6.92 Å². The third-order valence-corrected chi connectivity index (χ3v) is 4.03. The number of rotatable bonds is 3. The van der Waals surface area contributed by atoms with Crippen molar-refractivity contribution in [2.24, 2.45) is 0 Å². The number of fused-ring (bicyclic) bond motifs is 1. The van der Waals surface area contributed by atoms with Crippen LogP contribution < -0.4 is 5.32 Å². The van der Waals surface area contributed by atoms with E-state index in [4.69, 9.17) is 0 Å². The Bertz CT molecular complexity index is 612. The Morgan fingerprint density at radius 1 is 1.37 bits per heavy atom. The van der Waals surface area contributed by atoms with Crippen molar-refractivity contribution < 1.29 is 8.78 Å². The number of hydrogen-bond donors (Lipinski definition) is 1. The molecule has 0 spiro atoms. The molecule has 0 saturated carbocycles. The van der Waals surface area contributed by atoms with Crippen molar-refractivity contribution in [3.63, 3.8) is 0 Å². The fraction of sp³-hybridized carbons (Fsp3) is 0.385. The third-order valence-electron chi connectivity index (χ3n) is 3.34. The van der Waals surface area contributed by atoms with Crippen molar-refractivity contribution in [2.45, 2.75) is 32.2 Å². The quantitative estimate of drug-likeness (QED) is 0.936. The summed E-state index contributed by atoms with van der Waals surface area (Å²) < 4.78 is 30.7. The first-order chi connectivity index (χ1) is 9.17. The van der Waals surface area contributed by atoms with Crippen molar-refractivity contribution in [1.82, 2.24) is 9.36 Å².